The molecule has 5 heteroatoms. The van der Waals surface area contributed by atoms with Crippen LogP contribution in [-0.2, 0) is 6.54 Å². The average Bonchev–Trinajstić information content (AvgIpc) is 2.99. The fourth-order valence-corrected chi connectivity index (χ4v) is 3.34. The molecule has 0 saturated heterocycles. The minimum absolute atomic E-state index is 0.0451. The van der Waals surface area contributed by atoms with Gasteiger partial charge < -0.3 is 15.5 Å². The van der Waals surface area contributed by atoms with Gasteiger partial charge in [0.1, 0.15) is 0 Å². The molecule has 0 spiro atoms. The van der Waals surface area contributed by atoms with Gasteiger partial charge in [-0.25, -0.2) is 4.79 Å². The molecule has 1 aromatic carbocycles. The Hall–Kier alpha value is -1.85. The highest BCUT2D eigenvalue weighted by Gasteiger charge is 2.21. The number of anilines is 1. The predicted molar refractivity (Wildman–Crippen MR) is 86.8 cm³/mol. The molecule has 1 unspecified atom stereocenters. The minimum atomic E-state index is -0.0451. The number of hydrogen-bond acceptors (Lipinski definition) is 3. The van der Waals surface area contributed by atoms with Crippen LogP contribution in [0.5, 0.6) is 0 Å². The van der Waals surface area contributed by atoms with Crippen molar-refractivity contribution >= 4 is 23.1 Å². The second-order valence-corrected chi connectivity index (χ2v) is 6.03. The Kier molecular flexibility index (Phi) is 3.94. The highest BCUT2D eigenvalue weighted by molar-refractivity contribution is 7.08. The first-order valence-corrected chi connectivity index (χ1v) is 8.03. The standard InChI is InChI=1S/C16H19N3OS/c1-3-17-15(12-6-7-21-10-12)11-4-5-14-13(8-11)9-19(2)16(20)18-14/h4-8,10,15,17H,3,9H2,1-2H3,(H,18,20). The zero-order valence-corrected chi connectivity index (χ0v) is 13.0. The molecule has 0 saturated carbocycles. The first kappa shape index (κ1) is 14.1. The first-order chi connectivity index (χ1) is 10.2. The summed E-state index contributed by atoms with van der Waals surface area (Å²) in [7, 11) is 1.81. The van der Waals surface area contributed by atoms with Crippen LogP contribution in [0.25, 0.3) is 0 Å². The summed E-state index contributed by atoms with van der Waals surface area (Å²) in [5.74, 6) is 0. The molecular formula is C16H19N3OS. The largest absolute Gasteiger partial charge is 0.323 e. The van der Waals surface area contributed by atoms with E-state index in [2.05, 4.69) is 46.5 Å². The van der Waals surface area contributed by atoms with Gasteiger partial charge in [-0.15, -0.1) is 0 Å². The van der Waals surface area contributed by atoms with Gasteiger partial charge in [0.2, 0.25) is 0 Å². The van der Waals surface area contributed by atoms with E-state index in [1.165, 1.54) is 11.1 Å². The van der Waals surface area contributed by atoms with Crippen LogP contribution < -0.4 is 10.6 Å². The van der Waals surface area contributed by atoms with Gasteiger partial charge in [-0.05, 0) is 46.1 Å². The summed E-state index contributed by atoms with van der Waals surface area (Å²) in [4.78, 5) is 13.4. The molecule has 0 fully saturated rings. The number of nitrogens with zero attached hydrogens (tertiary/aromatic N) is 1. The monoisotopic (exact) mass is 301 g/mol. The Balaban J connectivity index is 1.95. The minimum Gasteiger partial charge on any atom is -0.323 e. The van der Waals surface area contributed by atoms with E-state index in [9.17, 15) is 4.79 Å². The molecular weight excluding hydrogens is 282 g/mol. The van der Waals surface area contributed by atoms with Crippen molar-refractivity contribution in [3.05, 3.63) is 51.7 Å². The van der Waals surface area contributed by atoms with Crippen LogP contribution in [0.2, 0.25) is 0 Å². The van der Waals surface area contributed by atoms with E-state index in [1.54, 1.807) is 16.2 Å². The highest BCUT2D eigenvalue weighted by atomic mass is 32.1. The fraction of sp³-hybridized carbons (Fsp3) is 0.312. The number of urea groups is 1. The van der Waals surface area contributed by atoms with Crippen molar-refractivity contribution in [3.63, 3.8) is 0 Å². The van der Waals surface area contributed by atoms with Gasteiger partial charge in [0.05, 0.1) is 6.04 Å². The van der Waals surface area contributed by atoms with Gasteiger partial charge in [-0.2, -0.15) is 11.3 Å². The lowest BCUT2D eigenvalue weighted by atomic mass is 9.97. The third-order valence-electron chi connectivity index (χ3n) is 3.74. The number of carbonyl (C=O) groups excluding carboxylic acids is 1. The van der Waals surface area contributed by atoms with E-state index in [1.807, 2.05) is 13.1 Å². The molecule has 2 amide bonds. The van der Waals surface area contributed by atoms with Crippen LogP contribution in [0, 0.1) is 0 Å². The maximum absolute atomic E-state index is 11.7. The van der Waals surface area contributed by atoms with E-state index in [-0.39, 0.29) is 12.1 Å². The van der Waals surface area contributed by atoms with Crippen molar-refractivity contribution in [1.29, 1.82) is 0 Å². The second-order valence-electron chi connectivity index (χ2n) is 5.25. The van der Waals surface area contributed by atoms with E-state index in [0.717, 1.165) is 17.8 Å². The molecule has 0 radical (unpaired) electrons. The summed E-state index contributed by atoms with van der Waals surface area (Å²) in [5, 5.41) is 10.7. The number of fused-ring (bicyclic) bond motifs is 1. The summed E-state index contributed by atoms with van der Waals surface area (Å²) in [6, 6.07) is 8.61. The molecule has 0 aliphatic carbocycles. The number of carbonyl (C=O) groups is 1. The van der Waals surface area contributed by atoms with Crippen molar-refractivity contribution in [2.45, 2.75) is 19.5 Å². The van der Waals surface area contributed by atoms with Gasteiger partial charge in [-0.3, -0.25) is 0 Å². The number of hydrogen-bond donors (Lipinski definition) is 2. The zero-order valence-electron chi connectivity index (χ0n) is 12.2. The summed E-state index contributed by atoms with van der Waals surface area (Å²) in [6.45, 7) is 3.68. The molecule has 1 aliphatic rings. The molecule has 1 atom stereocenters. The molecule has 0 bridgehead atoms. The SMILES string of the molecule is CCNC(c1ccsc1)c1ccc2c(c1)CN(C)C(=O)N2. The van der Waals surface area contributed by atoms with E-state index in [0.29, 0.717) is 6.54 Å². The Labute approximate surface area is 128 Å². The van der Waals surface area contributed by atoms with Crippen LogP contribution >= 0.6 is 11.3 Å². The van der Waals surface area contributed by atoms with Crippen LogP contribution in [0.15, 0.2) is 35.0 Å². The molecule has 2 heterocycles. The lowest BCUT2D eigenvalue weighted by Crippen LogP contribution is -2.35. The van der Waals surface area contributed by atoms with Gasteiger partial charge >= 0.3 is 6.03 Å². The van der Waals surface area contributed by atoms with Crippen molar-refractivity contribution in [2.75, 3.05) is 18.9 Å². The normalized spacial score (nSPS) is 15.5. The number of benzene rings is 1. The van der Waals surface area contributed by atoms with Crippen molar-refractivity contribution < 1.29 is 4.79 Å². The highest BCUT2D eigenvalue weighted by Crippen LogP contribution is 2.29. The zero-order chi connectivity index (χ0) is 14.8. The Morgan fingerprint density at radius 2 is 2.24 bits per heavy atom. The van der Waals surface area contributed by atoms with Gasteiger partial charge in [0, 0.05) is 19.3 Å². The van der Waals surface area contributed by atoms with Crippen LogP contribution in [-0.4, -0.2) is 24.5 Å². The molecule has 4 nitrogen and oxygen atoms in total. The van der Waals surface area contributed by atoms with Crippen LogP contribution in [0.4, 0.5) is 10.5 Å². The lowest BCUT2D eigenvalue weighted by Gasteiger charge is -2.27. The average molecular weight is 301 g/mol. The summed E-state index contributed by atoms with van der Waals surface area (Å²) in [5.41, 5.74) is 4.60. The van der Waals surface area contributed by atoms with Crippen molar-refractivity contribution in [2.24, 2.45) is 0 Å². The molecule has 2 N–H and O–H groups in total. The summed E-state index contributed by atoms with van der Waals surface area (Å²) >= 11 is 1.71. The molecule has 110 valence electrons. The summed E-state index contributed by atoms with van der Waals surface area (Å²) < 4.78 is 0. The first-order valence-electron chi connectivity index (χ1n) is 7.09. The van der Waals surface area contributed by atoms with Crippen LogP contribution in [0.3, 0.4) is 0 Å². The molecule has 2 aromatic rings. The number of rotatable bonds is 4. The topological polar surface area (TPSA) is 44.4 Å². The van der Waals surface area contributed by atoms with Gasteiger partial charge in [-0.1, -0.05) is 19.1 Å². The van der Waals surface area contributed by atoms with Crippen LogP contribution in [0.1, 0.15) is 29.7 Å². The maximum Gasteiger partial charge on any atom is 0.321 e. The molecule has 1 aliphatic heterocycles. The lowest BCUT2D eigenvalue weighted by molar-refractivity contribution is 0.218. The fourth-order valence-electron chi connectivity index (χ4n) is 2.66. The number of thiophene rings is 1. The van der Waals surface area contributed by atoms with E-state index in [4.69, 9.17) is 0 Å². The molecule has 3 rings (SSSR count). The van der Waals surface area contributed by atoms with Crippen molar-refractivity contribution in [3.8, 4) is 0 Å². The predicted octanol–water partition coefficient (Wildman–Crippen LogP) is 3.42. The van der Waals surface area contributed by atoms with Crippen molar-refractivity contribution in [1.82, 2.24) is 10.2 Å². The summed E-state index contributed by atoms with van der Waals surface area (Å²) in [6.07, 6.45) is 0. The molecule has 21 heavy (non-hydrogen) atoms. The number of amides is 2. The van der Waals surface area contributed by atoms with E-state index >= 15 is 0 Å². The van der Waals surface area contributed by atoms with E-state index < -0.39 is 0 Å². The Bertz CT molecular complexity index is 639. The smallest absolute Gasteiger partial charge is 0.321 e. The Morgan fingerprint density at radius 1 is 1.38 bits per heavy atom. The maximum atomic E-state index is 11.7. The quantitative estimate of drug-likeness (QED) is 0.909. The van der Waals surface area contributed by atoms with Gasteiger partial charge in [0.15, 0.2) is 0 Å². The second kappa shape index (κ2) is 5.87. The third-order valence-corrected chi connectivity index (χ3v) is 4.44. The van der Waals surface area contributed by atoms with Gasteiger partial charge in [0.25, 0.3) is 0 Å². The number of nitrogens with one attached hydrogen (secondary N) is 2. The Morgan fingerprint density at radius 3 is 2.95 bits per heavy atom. The third kappa shape index (κ3) is 2.80. The molecule has 1 aromatic heterocycles.